The number of anilines is 6. The molecule has 2 aromatic heterocycles. The van der Waals surface area contributed by atoms with Crippen LogP contribution in [0.5, 0.6) is 0 Å². The van der Waals surface area contributed by atoms with E-state index in [9.17, 15) is 0 Å². The molecule has 5 heteroatoms. The molecule has 0 unspecified atom stereocenters. The Hall–Kier alpha value is -7.99. The van der Waals surface area contributed by atoms with Crippen LogP contribution in [0.15, 0.2) is 229 Å². The molecule has 2 heterocycles. The molecule has 0 atom stereocenters. The molecule has 62 heavy (non-hydrogen) atoms. The molecule has 12 aromatic rings. The summed E-state index contributed by atoms with van der Waals surface area (Å²) >= 11 is 1.76. The lowest BCUT2D eigenvalue weighted by atomic mass is 9.99. The number of nitrogens with zero attached hydrogens (tertiary/aromatic N) is 3. The molecule has 0 saturated heterocycles. The number of thiazole rings is 1. The van der Waals surface area contributed by atoms with Gasteiger partial charge in [-0.15, -0.1) is 11.3 Å². The summed E-state index contributed by atoms with van der Waals surface area (Å²) in [5.41, 5.74) is 12.7. The van der Waals surface area contributed by atoms with Gasteiger partial charge in [-0.2, -0.15) is 0 Å². The van der Waals surface area contributed by atoms with Crippen LogP contribution in [0.4, 0.5) is 34.1 Å². The van der Waals surface area contributed by atoms with Gasteiger partial charge in [0.15, 0.2) is 0 Å². The predicted molar refractivity (Wildman–Crippen MR) is 262 cm³/mol. The predicted octanol–water partition coefficient (Wildman–Crippen LogP) is 16.8. The molecule has 0 radical (unpaired) electrons. The summed E-state index contributed by atoms with van der Waals surface area (Å²) in [6.45, 7) is 0. The summed E-state index contributed by atoms with van der Waals surface area (Å²) in [5.74, 6) is 0. The van der Waals surface area contributed by atoms with Crippen molar-refractivity contribution >= 4 is 99.2 Å². The molecule has 0 aliphatic heterocycles. The van der Waals surface area contributed by atoms with Gasteiger partial charge in [0.25, 0.3) is 0 Å². The summed E-state index contributed by atoms with van der Waals surface area (Å²) in [6, 6.07) is 79.7. The number of para-hydroxylation sites is 3. The van der Waals surface area contributed by atoms with Crippen LogP contribution in [0.3, 0.4) is 0 Å². The van der Waals surface area contributed by atoms with Crippen LogP contribution in [-0.4, -0.2) is 4.98 Å². The summed E-state index contributed by atoms with van der Waals surface area (Å²) in [5, 5.41) is 7.96. The lowest BCUT2D eigenvalue weighted by Crippen LogP contribution is -2.10. The van der Waals surface area contributed by atoms with Crippen LogP contribution < -0.4 is 9.80 Å². The van der Waals surface area contributed by atoms with Crippen molar-refractivity contribution in [3.05, 3.63) is 224 Å². The SMILES string of the molecule is c1ccc(-c2cccc(N(c3ccc(-c4nc5c6ccc(N(c7ccccc7)c7ccccc7)cc6c6ccccc6c5s4)cc3)c3ccc4oc5ccccc5c4c3)c2)cc1. The quantitative estimate of drug-likeness (QED) is 0.143. The molecule has 0 spiro atoms. The van der Waals surface area contributed by atoms with E-state index in [4.69, 9.17) is 9.40 Å². The van der Waals surface area contributed by atoms with E-state index in [1.165, 1.54) is 26.4 Å². The van der Waals surface area contributed by atoms with Crippen LogP contribution >= 0.6 is 11.3 Å². The molecule has 10 aromatic carbocycles. The fraction of sp³-hybridized carbons (Fsp3) is 0. The van der Waals surface area contributed by atoms with Gasteiger partial charge in [-0.25, -0.2) is 4.98 Å². The highest BCUT2D eigenvalue weighted by Crippen LogP contribution is 2.45. The van der Waals surface area contributed by atoms with E-state index >= 15 is 0 Å². The van der Waals surface area contributed by atoms with Crippen LogP contribution in [0, 0.1) is 0 Å². The van der Waals surface area contributed by atoms with Gasteiger partial charge >= 0.3 is 0 Å². The summed E-state index contributed by atoms with van der Waals surface area (Å²) in [7, 11) is 0. The first-order valence-corrected chi connectivity index (χ1v) is 21.7. The van der Waals surface area contributed by atoms with Gasteiger partial charge in [-0.05, 0) is 119 Å². The largest absolute Gasteiger partial charge is 0.456 e. The Morgan fingerprint density at radius 1 is 0.323 bits per heavy atom. The minimum atomic E-state index is 0.875. The van der Waals surface area contributed by atoms with Crippen molar-refractivity contribution in [3.8, 4) is 21.7 Å². The van der Waals surface area contributed by atoms with Crippen LogP contribution in [0.1, 0.15) is 0 Å². The minimum absolute atomic E-state index is 0.875. The second-order valence-corrected chi connectivity index (χ2v) is 16.6. The average molecular weight is 812 g/mol. The van der Waals surface area contributed by atoms with Crippen LogP contribution in [0.2, 0.25) is 0 Å². The van der Waals surface area contributed by atoms with Crippen molar-refractivity contribution in [1.29, 1.82) is 0 Å². The maximum absolute atomic E-state index is 6.25. The number of aromatic nitrogens is 1. The monoisotopic (exact) mass is 811 g/mol. The van der Waals surface area contributed by atoms with E-state index in [0.29, 0.717) is 0 Å². The van der Waals surface area contributed by atoms with Gasteiger partial charge < -0.3 is 14.2 Å². The standard InChI is InChI=1S/C57H37N3OS/c1-4-15-38(16-5-1)40-17-14-22-44(35-40)60(46-32-34-54-52(37-46)48-24-12-13-26-53(48)61-54)43-29-27-39(28-30-43)57-58-55-49-33-31-45(36-51(49)47-23-10-11-25-50(47)56(55)62-57)59(41-18-6-2-7-19-41)42-20-8-3-9-21-42/h1-37H. The Morgan fingerprint density at radius 2 is 0.839 bits per heavy atom. The lowest BCUT2D eigenvalue weighted by molar-refractivity contribution is 0.669. The maximum atomic E-state index is 6.25. The van der Waals surface area contributed by atoms with E-state index < -0.39 is 0 Å². The van der Waals surface area contributed by atoms with Crippen LogP contribution in [0.25, 0.3) is 75.4 Å². The molecule has 0 fully saturated rings. The Kier molecular flexibility index (Phi) is 8.65. The number of benzene rings is 10. The van der Waals surface area contributed by atoms with Gasteiger partial charge in [-0.1, -0.05) is 127 Å². The number of fused-ring (bicyclic) bond motifs is 9. The Labute approximate surface area is 362 Å². The van der Waals surface area contributed by atoms with Crippen molar-refractivity contribution in [1.82, 2.24) is 4.98 Å². The van der Waals surface area contributed by atoms with Gasteiger partial charge in [0.2, 0.25) is 0 Å². The van der Waals surface area contributed by atoms with Crippen molar-refractivity contribution in [2.24, 2.45) is 0 Å². The van der Waals surface area contributed by atoms with E-state index in [-0.39, 0.29) is 0 Å². The number of hydrogen-bond acceptors (Lipinski definition) is 5. The molecule has 0 aliphatic rings. The number of rotatable bonds is 8. The Morgan fingerprint density at radius 3 is 1.58 bits per heavy atom. The zero-order valence-corrected chi connectivity index (χ0v) is 34.3. The molecule has 0 aliphatic carbocycles. The molecule has 292 valence electrons. The average Bonchev–Trinajstić information content (AvgIpc) is 3.96. The first-order chi connectivity index (χ1) is 30.7. The molecule has 0 N–H and O–H groups in total. The van der Waals surface area contributed by atoms with Crippen molar-refractivity contribution in [2.75, 3.05) is 9.80 Å². The molecular formula is C57H37N3OS. The molecule has 0 amide bonds. The third-order valence-corrected chi connectivity index (χ3v) is 13.0. The van der Waals surface area contributed by atoms with E-state index in [1.807, 2.05) is 12.1 Å². The van der Waals surface area contributed by atoms with Crippen molar-refractivity contribution < 1.29 is 4.42 Å². The minimum Gasteiger partial charge on any atom is -0.456 e. The molecule has 0 saturated carbocycles. The Balaban J connectivity index is 0.975. The second kappa shape index (κ2) is 14.9. The molecule has 0 bridgehead atoms. The zero-order valence-electron chi connectivity index (χ0n) is 33.5. The van der Waals surface area contributed by atoms with Gasteiger partial charge in [0.05, 0.1) is 10.2 Å². The van der Waals surface area contributed by atoms with Crippen LogP contribution in [-0.2, 0) is 0 Å². The Bertz CT molecular complexity index is 3540. The third-order valence-electron chi connectivity index (χ3n) is 11.8. The lowest BCUT2D eigenvalue weighted by Gasteiger charge is -2.26. The van der Waals surface area contributed by atoms with E-state index in [1.54, 1.807) is 11.3 Å². The first kappa shape index (κ1) is 35.9. The van der Waals surface area contributed by atoms with Gasteiger partial charge in [-0.3, -0.25) is 0 Å². The smallest absolute Gasteiger partial charge is 0.135 e. The second-order valence-electron chi connectivity index (χ2n) is 15.6. The van der Waals surface area contributed by atoms with Gasteiger partial charge in [0.1, 0.15) is 16.2 Å². The highest BCUT2D eigenvalue weighted by Gasteiger charge is 2.20. The highest BCUT2D eigenvalue weighted by atomic mass is 32.1. The number of furan rings is 1. The maximum Gasteiger partial charge on any atom is 0.135 e. The molecular weight excluding hydrogens is 775 g/mol. The molecule has 12 rings (SSSR count). The topological polar surface area (TPSA) is 32.5 Å². The fourth-order valence-corrected chi connectivity index (χ4v) is 10.1. The van der Waals surface area contributed by atoms with Gasteiger partial charge in [0, 0.05) is 61.2 Å². The zero-order chi connectivity index (χ0) is 41.0. The summed E-state index contributed by atoms with van der Waals surface area (Å²) in [4.78, 5) is 10.1. The first-order valence-electron chi connectivity index (χ1n) is 20.9. The van der Waals surface area contributed by atoms with Crippen molar-refractivity contribution in [2.45, 2.75) is 0 Å². The summed E-state index contributed by atoms with van der Waals surface area (Å²) < 4.78 is 7.44. The number of hydrogen-bond donors (Lipinski definition) is 0. The van der Waals surface area contributed by atoms with E-state index in [0.717, 1.165) is 83.1 Å². The third kappa shape index (κ3) is 6.18. The highest BCUT2D eigenvalue weighted by molar-refractivity contribution is 7.22. The van der Waals surface area contributed by atoms with E-state index in [2.05, 4.69) is 222 Å². The molecule has 4 nitrogen and oxygen atoms in total. The van der Waals surface area contributed by atoms with Crippen molar-refractivity contribution in [3.63, 3.8) is 0 Å². The normalized spacial score (nSPS) is 11.5. The summed E-state index contributed by atoms with van der Waals surface area (Å²) in [6.07, 6.45) is 0. The fourth-order valence-electron chi connectivity index (χ4n) is 8.94.